The van der Waals surface area contributed by atoms with Crippen molar-refractivity contribution in [1.29, 1.82) is 0 Å². The molecule has 1 amide bonds. The van der Waals surface area contributed by atoms with Gasteiger partial charge in [0, 0.05) is 13.1 Å². The number of ether oxygens (including phenoxy) is 1. The van der Waals surface area contributed by atoms with E-state index >= 15 is 0 Å². The number of hydrogen-bond acceptors (Lipinski definition) is 4. The highest BCUT2D eigenvalue weighted by atomic mass is 16.6. The number of nitrogens with zero attached hydrogens (tertiary/aromatic N) is 2. The van der Waals surface area contributed by atoms with Crippen molar-refractivity contribution >= 4 is 11.9 Å². The Hall–Kier alpha value is -1.26. The maximum absolute atomic E-state index is 12.0. The molecular formula is C15H27N3O2. The first-order valence-electron chi connectivity index (χ1n) is 7.69. The van der Waals surface area contributed by atoms with Crippen molar-refractivity contribution < 1.29 is 9.53 Å². The molecule has 20 heavy (non-hydrogen) atoms. The van der Waals surface area contributed by atoms with Gasteiger partial charge in [-0.25, -0.2) is 4.79 Å². The van der Waals surface area contributed by atoms with Crippen molar-refractivity contribution in [2.24, 2.45) is 10.9 Å². The van der Waals surface area contributed by atoms with Crippen LogP contribution >= 0.6 is 0 Å². The topological polar surface area (TPSA) is 53.9 Å². The molecule has 0 aromatic carbocycles. The van der Waals surface area contributed by atoms with Crippen LogP contribution in [-0.4, -0.2) is 48.6 Å². The summed E-state index contributed by atoms with van der Waals surface area (Å²) in [5.74, 6) is 1.89. The van der Waals surface area contributed by atoms with Gasteiger partial charge in [-0.15, -0.1) is 0 Å². The summed E-state index contributed by atoms with van der Waals surface area (Å²) in [5.41, 5.74) is -0.441. The number of aliphatic imine (C=N–C) groups is 1. The van der Waals surface area contributed by atoms with E-state index in [2.05, 4.69) is 10.3 Å². The zero-order chi connectivity index (χ0) is 14.6. The van der Waals surface area contributed by atoms with Crippen LogP contribution in [0, 0.1) is 5.92 Å². The SMILES string of the molecule is CC(C)(C)OC(=O)N1CCN=C(NCCCC2CC2)C1. The molecule has 0 atom stereocenters. The Morgan fingerprint density at radius 1 is 1.45 bits per heavy atom. The molecule has 0 radical (unpaired) electrons. The summed E-state index contributed by atoms with van der Waals surface area (Å²) < 4.78 is 5.40. The van der Waals surface area contributed by atoms with Gasteiger partial charge in [0.05, 0.1) is 13.1 Å². The van der Waals surface area contributed by atoms with Crippen molar-refractivity contribution in [2.45, 2.75) is 52.1 Å². The van der Waals surface area contributed by atoms with Crippen molar-refractivity contribution in [3.05, 3.63) is 0 Å². The molecule has 5 heteroatoms. The van der Waals surface area contributed by atoms with E-state index in [-0.39, 0.29) is 6.09 Å². The third kappa shape index (κ3) is 5.39. The van der Waals surface area contributed by atoms with Crippen molar-refractivity contribution in [1.82, 2.24) is 10.2 Å². The number of carbonyl (C=O) groups is 1. The van der Waals surface area contributed by atoms with Gasteiger partial charge in [-0.05, 0) is 39.5 Å². The molecule has 1 aliphatic carbocycles. The molecule has 0 saturated heterocycles. The standard InChI is InChI=1S/C15H27N3O2/c1-15(2,3)20-14(19)18-10-9-17-13(11-18)16-8-4-5-12-6-7-12/h12H,4-11H2,1-3H3,(H,16,17). The van der Waals surface area contributed by atoms with Crippen LogP contribution in [0.25, 0.3) is 0 Å². The average Bonchev–Trinajstić information content (AvgIpc) is 3.17. The van der Waals surface area contributed by atoms with Gasteiger partial charge in [0.15, 0.2) is 0 Å². The molecule has 1 N–H and O–H groups in total. The molecule has 5 nitrogen and oxygen atoms in total. The number of carbonyl (C=O) groups excluding carboxylic acids is 1. The summed E-state index contributed by atoms with van der Waals surface area (Å²) in [6.45, 7) is 8.46. The van der Waals surface area contributed by atoms with Crippen LogP contribution in [0.2, 0.25) is 0 Å². The van der Waals surface area contributed by atoms with Gasteiger partial charge < -0.3 is 10.1 Å². The van der Waals surface area contributed by atoms with E-state index in [1.807, 2.05) is 20.8 Å². The Morgan fingerprint density at radius 3 is 2.85 bits per heavy atom. The molecule has 2 rings (SSSR count). The van der Waals surface area contributed by atoms with Gasteiger partial charge in [0.1, 0.15) is 11.4 Å². The molecule has 1 aliphatic heterocycles. The molecule has 1 heterocycles. The summed E-state index contributed by atoms with van der Waals surface area (Å²) >= 11 is 0. The molecule has 1 fully saturated rings. The van der Waals surface area contributed by atoms with E-state index in [0.29, 0.717) is 19.6 Å². The lowest BCUT2D eigenvalue weighted by Gasteiger charge is -2.29. The normalized spacial score (nSPS) is 19.6. The third-order valence-corrected chi connectivity index (χ3v) is 3.48. The van der Waals surface area contributed by atoms with Crippen molar-refractivity contribution in [2.75, 3.05) is 26.2 Å². The monoisotopic (exact) mass is 281 g/mol. The highest BCUT2D eigenvalue weighted by molar-refractivity contribution is 5.87. The van der Waals surface area contributed by atoms with Gasteiger partial charge >= 0.3 is 6.09 Å². The maximum Gasteiger partial charge on any atom is 0.410 e. The van der Waals surface area contributed by atoms with Gasteiger partial charge in [0.2, 0.25) is 0 Å². The van der Waals surface area contributed by atoms with Gasteiger partial charge in [-0.1, -0.05) is 12.8 Å². The summed E-state index contributed by atoms with van der Waals surface area (Å²) in [7, 11) is 0. The number of amidine groups is 1. The molecule has 0 spiro atoms. The van der Waals surface area contributed by atoms with Crippen LogP contribution in [0.5, 0.6) is 0 Å². The van der Waals surface area contributed by atoms with Crippen LogP contribution in [0.4, 0.5) is 4.79 Å². The lowest BCUT2D eigenvalue weighted by atomic mass is 10.2. The zero-order valence-corrected chi connectivity index (χ0v) is 12.9. The highest BCUT2D eigenvalue weighted by Crippen LogP contribution is 2.33. The molecule has 0 aromatic rings. The van der Waals surface area contributed by atoms with E-state index in [4.69, 9.17) is 4.74 Å². The Morgan fingerprint density at radius 2 is 2.20 bits per heavy atom. The van der Waals surface area contributed by atoms with E-state index in [1.165, 1.54) is 25.7 Å². The van der Waals surface area contributed by atoms with Crippen LogP contribution in [0.3, 0.4) is 0 Å². The summed E-state index contributed by atoms with van der Waals surface area (Å²) in [4.78, 5) is 18.2. The smallest absolute Gasteiger partial charge is 0.410 e. The number of hydrogen-bond donors (Lipinski definition) is 1. The quantitative estimate of drug-likeness (QED) is 0.805. The summed E-state index contributed by atoms with van der Waals surface area (Å²) in [5, 5.41) is 3.35. The van der Waals surface area contributed by atoms with Crippen LogP contribution in [-0.2, 0) is 4.74 Å². The van der Waals surface area contributed by atoms with Crippen LogP contribution in [0.1, 0.15) is 46.5 Å². The fraction of sp³-hybridized carbons (Fsp3) is 0.867. The average molecular weight is 281 g/mol. The Kier molecular flexibility index (Phi) is 4.89. The minimum absolute atomic E-state index is 0.246. The second-order valence-corrected chi connectivity index (χ2v) is 6.74. The maximum atomic E-state index is 12.0. The fourth-order valence-electron chi connectivity index (χ4n) is 2.24. The first-order chi connectivity index (χ1) is 9.44. The van der Waals surface area contributed by atoms with E-state index < -0.39 is 5.60 Å². The van der Waals surface area contributed by atoms with Gasteiger partial charge in [-0.3, -0.25) is 9.89 Å². The Bertz CT molecular complexity index is 370. The van der Waals surface area contributed by atoms with Gasteiger partial charge in [-0.2, -0.15) is 0 Å². The Labute approximate surface area is 121 Å². The minimum atomic E-state index is -0.441. The highest BCUT2D eigenvalue weighted by Gasteiger charge is 2.25. The van der Waals surface area contributed by atoms with Crippen molar-refractivity contribution in [3.63, 3.8) is 0 Å². The largest absolute Gasteiger partial charge is 0.444 e. The fourth-order valence-corrected chi connectivity index (χ4v) is 2.24. The third-order valence-electron chi connectivity index (χ3n) is 3.48. The van der Waals surface area contributed by atoms with Crippen LogP contribution in [0.15, 0.2) is 4.99 Å². The zero-order valence-electron chi connectivity index (χ0n) is 12.9. The predicted molar refractivity (Wildman–Crippen MR) is 80.1 cm³/mol. The molecule has 114 valence electrons. The first-order valence-corrected chi connectivity index (χ1v) is 7.69. The Balaban J connectivity index is 1.69. The molecule has 0 aromatic heterocycles. The first kappa shape index (κ1) is 15.1. The lowest BCUT2D eigenvalue weighted by Crippen LogP contribution is -2.47. The molecular weight excluding hydrogens is 254 g/mol. The van der Waals surface area contributed by atoms with Crippen LogP contribution < -0.4 is 5.32 Å². The second-order valence-electron chi connectivity index (χ2n) is 6.74. The molecule has 2 aliphatic rings. The summed E-state index contributed by atoms with van der Waals surface area (Å²) in [6, 6.07) is 0. The van der Waals surface area contributed by atoms with E-state index in [0.717, 1.165) is 18.3 Å². The predicted octanol–water partition coefficient (Wildman–Crippen LogP) is 2.42. The van der Waals surface area contributed by atoms with Gasteiger partial charge in [0.25, 0.3) is 0 Å². The number of nitrogens with one attached hydrogen (secondary N) is 1. The number of amides is 1. The molecule has 1 saturated carbocycles. The second kappa shape index (κ2) is 6.46. The van der Waals surface area contributed by atoms with E-state index in [1.54, 1.807) is 4.90 Å². The summed E-state index contributed by atoms with van der Waals surface area (Å²) in [6.07, 6.45) is 5.08. The van der Waals surface area contributed by atoms with E-state index in [9.17, 15) is 4.79 Å². The molecule has 0 unspecified atom stereocenters. The lowest BCUT2D eigenvalue weighted by molar-refractivity contribution is 0.0276. The number of rotatable bonds is 4. The molecule has 0 bridgehead atoms. The van der Waals surface area contributed by atoms with Crippen molar-refractivity contribution in [3.8, 4) is 0 Å². The minimum Gasteiger partial charge on any atom is -0.444 e.